The predicted octanol–water partition coefficient (Wildman–Crippen LogP) is 4.71. The lowest BCUT2D eigenvalue weighted by atomic mass is 9.98. The van der Waals surface area contributed by atoms with Gasteiger partial charge in [-0.15, -0.1) is 11.3 Å². The summed E-state index contributed by atoms with van der Waals surface area (Å²) < 4.78 is 5.48. The Hall–Kier alpha value is -2.14. The minimum atomic E-state index is -0.00745. The average Bonchev–Trinajstić information content (AvgIpc) is 2.93. The molecule has 2 aromatic heterocycles. The van der Waals surface area contributed by atoms with Crippen LogP contribution in [0.25, 0.3) is 21.6 Å². The number of hydrogen-bond acceptors (Lipinski definition) is 4. The van der Waals surface area contributed by atoms with Crippen molar-refractivity contribution < 1.29 is 4.74 Å². The van der Waals surface area contributed by atoms with E-state index in [9.17, 15) is 4.79 Å². The summed E-state index contributed by atoms with van der Waals surface area (Å²) in [6.45, 7) is 2.60. The largest absolute Gasteiger partial charge is 0.494 e. The van der Waals surface area contributed by atoms with E-state index in [0.29, 0.717) is 12.4 Å². The lowest BCUT2D eigenvalue weighted by molar-refractivity contribution is 0.340. The molecule has 0 bridgehead atoms. The van der Waals surface area contributed by atoms with Crippen LogP contribution in [0.5, 0.6) is 5.75 Å². The van der Waals surface area contributed by atoms with Gasteiger partial charge in [-0.2, -0.15) is 0 Å². The summed E-state index contributed by atoms with van der Waals surface area (Å²) in [5.41, 5.74) is 2.14. The number of nitrogens with zero attached hydrogens (tertiary/aromatic N) is 1. The van der Waals surface area contributed by atoms with Gasteiger partial charge in [-0.25, -0.2) is 4.98 Å². The summed E-state index contributed by atoms with van der Waals surface area (Å²) in [6, 6.07) is 7.71. The zero-order valence-corrected chi connectivity index (χ0v) is 15.2. The van der Waals surface area contributed by atoms with Crippen molar-refractivity contribution in [3.05, 3.63) is 45.1 Å². The second-order valence-electron chi connectivity index (χ2n) is 6.47. The number of ether oxygens (including phenoxy) is 1. The monoisotopic (exact) mass is 354 g/mol. The highest BCUT2D eigenvalue weighted by Crippen LogP contribution is 2.33. The number of benzene rings is 1. The molecule has 0 saturated carbocycles. The van der Waals surface area contributed by atoms with Gasteiger partial charge in [0.1, 0.15) is 16.4 Å². The van der Waals surface area contributed by atoms with Crippen LogP contribution in [-0.2, 0) is 12.8 Å². The molecule has 0 spiro atoms. The number of nitrogens with one attached hydrogen (secondary N) is 1. The van der Waals surface area contributed by atoms with Gasteiger partial charge in [-0.1, -0.05) is 12.8 Å². The Morgan fingerprint density at radius 2 is 1.88 bits per heavy atom. The normalized spacial score (nSPS) is 14.8. The maximum Gasteiger partial charge on any atom is 0.260 e. The average molecular weight is 354 g/mol. The van der Waals surface area contributed by atoms with E-state index in [1.54, 1.807) is 11.3 Å². The first-order valence-electron chi connectivity index (χ1n) is 9.04. The Balaban J connectivity index is 1.78. The molecular weight excluding hydrogens is 332 g/mol. The molecule has 1 aromatic carbocycles. The minimum absolute atomic E-state index is 0.00745. The van der Waals surface area contributed by atoms with Crippen LogP contribution in [0.3, 0.4) is 0 Å². The molecule has 2 heterocycles. The number of aromatic nitrogens is 2. The highest BCUT2D eigenvalue weighted by molar-refractivity contribution is 7.18. The number of thiophene rings is 1. The van der Waals surface area contributed by atoms with Crippen molar-refractivity contribution in [2.45, 2.75) is 45.4 Å². The van der Waals surface area contributed by atoms with E-state index in [0.717, 1.165) is 34.4 Å². The van der Waals surface area contributed by atoms with Gasteiger partial charge in [0.25, 0.3) is 5.56 Å². The highest BCUT2D eigenvalue weighted by atomic mass is 32.1. The lowest BCUT2D eigenvalue weighted by Gasteiger charge is -2.08. The van der Waals surface area contributed by atoms with Crippen LogP contribution in [0.15, 0.2) is 29.1 Å². The molecule has 1 N–H and O–H groups in total. The second-order valence-corrected chi connectivity index (χ2v) is 7.55. The molecule has 25 heavy (non-hydrogen) atoms. The van der Waals surface area contributed by atoms with E-state index in [2.05, 4.69) is 4.98 Å². The topological polar surface area (TPSA) is 55.0 Å². The zero-order chi connectivity index (χ0) is 17.2. The van der Waals surface area contributed by atoms with Gasteiger partial charge in [0.2, 0.25) is 0 Å². The number of rotatable bonds is 3. The summed E-state index contributed by atoms with van der Waals surface area (Å²) in [4.78, 5) is 22.8. The van der Waals surface area contributed by atoms with Crippen molar-refractivity contribution in [3.63, 3.8) is 0 Å². The Labute approximate surface area is 150 Å². The molecular formula is C20H22N2O2S. The Morgan fingerprint density at radius 3 is 2.64 bits per heavy atom. The molecule has 3 aromatic rings. The van der Waals surface area contributed by atoms with Crippen molar-refractivity contribution in [1.29, 1.82) is 0 Å². The van der Waals surface area contributed by atoms with Crippen molar-refractivity contribution in [3.8, 4) is 17.1 Å². The van der Waals surface area contributed by atoms with Crippen LogP contribution < -0.4 is 10.3 Å². The molecule has 0 amide bonds. The number of fused-ring (bicyclic) bond motifs is 3. The van der Waals surface area contributed by atoms with Crippen LogP contribution >= 0.6 is 11.3 Å². The molecule has 1 aliphatic carbocycles. The van der Waals surface area contributed by atoms with Crippen molar-refractivity contribution in [2.75, 3.05) is 6.61 Å². The fourth-order valence-electron chi connectivity index (χ4n) is 3.53. The van der Waals surface area contributed by atoms with Crippen LogP contribution in [0.4, 0.5) is 0 Å². The maximum absolute atomic E-state index is 12.8. The molecule has 0 unspecified atom stereocenters. The third kappa shape index (κ3) is 3.21. The second kappa shape index (κ2) is 7.00. The number of hydrogen-bond donors (Lipinski definition) is 1. The number of H-pyrrole nitrogens is 1. The van der Waals surface area contributed by atoms with E-state index >= 15 is 0 Å². The Morgan fingerprint density at radius 1 is 1.12 bits per heavy atom. The Kier molecular flexibility index (Phi) is 4.57. The van der Waals surface area contributed by atoms with E-state index in [-0.39, 0.29) is 5.56 Å². The minimum Gasteiger partial charge on any atom is -0.494 e. The first kappa shape index (κ1) is 16.3. The van der Waals surface area contributed by atoms with E-state index in [1.807, 2.05) is 31.2 Å². The smallest absolute Gasteiger partial charge is 0.260 e. The maximum atomic E-state index is 12.8. The standard InChI is InChI=1S/C20H22N2O2S/c1-2-24-14-11-9-13(10-12-14)18-21-19(23)17-15-7-5-3-4-6-8-16(15)25-20(17)22-18/h9-12H,2-8H2,1H3,(H,21,22,23). The molecule has 0 atom stereocenters. The van der Waals surface area contributed by atoms with Gasteiger partial charge in [-0.05, 0) is 62.4 Å². The quantitative estimate of drug-likeness (QED) is 0.741. The molecule has 0 radical (unpaired) electrons. The Bertz CT molecular complexity index is 941. The van der Waals surface area contributed by atoms with Crippen molar-refractivity contribution >= 4 is 21.6 Å². The van der Waals surface area contributed by atoms with Gasteiger partial charge in [-0.3, -0.25) is 4.79 Å². The predicted molar refractivity (Wildman–Crippen MR) is 103 cm³/mol. The number of aromatic amines is 1. The summed E-state index contributed by atoms with van der Waals surface area (Å²) in [7, 11) is 0. The molecule has 5 heteroatoms. The molecule has 1 aliphatic rings. The fraction of sp³-hybridized carbons (Fsp3) is 0.400. The third-order valence-electron chi connectivity index (χ3n) is 4.76. The zero-order valence-electron chi connectivity index (χ0n) is 14.4. The molecule has 130 valence electrons. The summed E-state index contributed by atoms with van der Waals surface area (Å²) >= 11 is 1.70. The van der Waals surface area contributed by atoms with E-state index in [4.69, 9.17) is 9.72 Å². The first-order chi connectivity index (χ1) is 12.3. The summed E-state index contributed by atoms with van der Waals surface area (Å²) in [5, 5.41) is 0.816. The fourth-order valence-corrected chi connectivity index (χ4v) is 4.79. The molecule has 0 fully saturated rings. The van der Waals surface area contributed by atoms with Crippen LogP contribution in [0.2, 0.25) is 0 Å². The third-order valence-corrected chi connectivity index (χ3v) is 5.95. The van der Waals surface area contributed by atoms with Gasteiger partial charge in [0.05, 0.1) is 12.0 Å². The molecule has 4 nitrogen and oxygen atoms in total. The lowest BCUT2D eigenvalue weighted by Crippen LogP contribution is -2.10. The highest BCUT2D eigenvalue weighted by Gasteiger charge is 2.18. The summed E-state index contributed by atoms with van der Waals surface area (Å²) in [5.74, 6) is 1.46. The summed E-state index contributed by atoms with van der Waals surface area (Å²) in [6.07, 6.45) is 7.00. The van der Waals surface area contributed by atoms with Gasteiger partial charge < -0.3 is 9.72 Å². The van der Waals surface area contributed by atoms with Crippen LogP contribution in [-0.4, -0.2) is 16.6 Å². The van der Waals surface area contributed by atoms with Crippen LogP contribution in [0, 0.1) is 0 Å². The van der Waals surface area contributed by atoms with Gasteiger partial charge >= 0.3 is 0 Å². The van der Waals surface area contributed by atoms with Gasteiger partial charge in [0, 0.05) is 10.4 Å². The van der Waals surface area contributed by atoms with E-state index in [1.165, 1.54) is 36.1 Å². The van der Waals surface area contributed by atoms with Crippen molar-refractivity contribution in [2.24, 2.45) is 0 Å². The number of aryl methyl sites for hydroxylation is 2. The van der Waals surface area contributed by atoms with Gasteiger partial charge in [0.15, 0.2) is 0 Å². The van der Waals surface area contributed by atoms with E-state index < -0.39 is 0 Å². The molecule has 4 rings (SSSR count). The SMILES string of the molecule is CCOc1ccc(-c2nc3sc4c(c3c(=O)[nH]2)CCCCCC4)cc1. The van der Waals surface area contributed by atoms with Crippen LogP contribution in [0.1, 0.15) is 43.0 Å². The molecule has 0 saturated heterocycles. The van der Waals surface area contributed by atoms with Crippen molar-refractivity contribution in [1.82, 2.24) is 9.97 Å². The molecule has 0 aliphatic heterocycles. The first-order valence-corrected chi connectivity index (χ1v) is 9.85.